The van der Waals surface area contributed by atoms with Gasteiger partial charge >= 0.3 is 5.97 Å². The van der Waals surface area contributed by atoms with Crippen molar-refractivity contribution in [1.82, 2.24) is 9.80 Å². The van der Waals surface area contributed by atoms with E-state index in [4.69, 9.17) is 5.11 Å². The fourth-order valence-electron chi connectivity index (χ4n) is 2.01. The summed E-state index contributed by atoms with van der Waals surface area (Å²) in [6.45, 7) is 9.54. The van der Waals surface area contributed by atoms with Gasteiger partial charge in [0.2, 0.25) is 5.91 Å². The highest BCUT2D eigenvalue weighted by atomic mass is 16.4. The number of piperazine rings is 1. The van der Waals surface area contributed by atoms with Crippen LogP contribution in [0.4, 0.5) is 0 Å². The molecule has 1 saturated heterocycles. The lowest BCUT2D eigenvalue weighted by Crippen LogP contribution is -2.52. The number of aliphatic carboxylic acids is 1. The first-order chi connectivity index (χ1) is 8.36. The molecular formula is C13H24N2O3. The normalized spacial score (nSPS) is 17.8. The molecule has 0 radical (unpaired) electrons. The van der Waals surface area contributed by atoms with Gasteiger partial charge in [0.1, 0.15) is 0 Å². The first kappa shape index (κ1) is 15.0. The van der Waals surface area contributed by atoms with Crippen LogP contribution in [0.1, 0.15) is 33.6 Å². The zero-order valence-corrected chi connectivity index (χ0v) is 11.6. The average molecular weight is 256 g/mol. The van der Waals surface area contributed by atoms with Crippen LogP contribution in [-0.4, -0.2) is 59.5 Å². The van der Waals surface area contributed by atoms with Crippen molar-refractivity contribution in [1.29, 1.82) is 0 Å². The minimum atomic E-state index is -0.763. The van der Waals surface area contributed by atoms with Crippen molar-refractivity contribution >= 4 is 11.9 Å². The molecule has 1 aliphatic heterocycles. The molecule has 0 aromatic heterocycles. The van der Waals surface area contributed by atoms with Gasteiger partial charge in [0.15, 0.2) is 0 Å². The molecule has 1 aliphatic rings. The summed E-state index contributed by atoms with van der Waals surface area (Å²) >= 11 is 0. The minimum Gasteiger partial charge on any atom is -0.481 e. The number of hydrogen-bond acceptors (Lipinski definition) is 3. The molecule has 0 saturated carbocycles. The Morgan fingerprint density at radius 3 is 2.17 bits per heavy atom. The van der Waals surface area contributed by atoms with Crippen LogP contribution in [-0.2, 0) is 9.59 Å². The lowest BCUT2D eigenvalue weighted by atomic mass is 9.88. The standard InChI is InChI=1S/C13H24N2O3/c1-4-13(2,3)12(18)15-9-7-14(8-10-15)6-5-11(16)17/h4-10H2,1-3H3,(H,16,17). The third-order valence-corrected chi connectivity index (χ3v) is 3.76. The van der Waals surface area contributed by atoms with E-state index in [9.17, 15) is 9.59 Å². The van der Waals surface area contributed by atoms with E-state index in [1.807, 2.05) is 25.7 Å². The summed E-state index contributed by atoms with van der Waals surface area (Å²) in [7, 11) is 0. The summed E-state index contributed by atoms with van der Waals surface area (Å²) < 4.78 is 0. The Bertz CT molecular complexity index is 307. The summed E-state index contributed by atoms with van der Waals surface area (Å²) in [5.41, 5.74) is -0.288. The van der Waals surface area contributed by atoms with Gasteiger partial charge in [-0.3, -0.25) is 14.5 Å². The minimum absolute atomic E-state index is 0.175. The zero-order chi connectivity index (χ0) is 13.8. The Morgan fingerprint density at radius 2 is 1.72 bits per heavy atom. The quantitative estimate of drug-likeness (QED) is 0.798. The van der Waals surface area contributed by atoms with Crippen molar-refractivity contribution in [3.8, 4) is 0 Å². The molecule has 1 amide bonds. The average Bonchev–Trinajstić information content (AvgIpc) is 2.36. The van der Waals surface area contributed by atoms with Crippen LogP contribution < -0.4 is 0 Å². The highest BCUT2D eigenvalue weighted by Gasteiger charge is 2.31. The van der Waals surface area contributed by atoms with Gasteiger partial charge in [-0.15, -0.1) is 0 Å². The second kappa shape index (κ2) is 6.18. The lowest BCUT2D eigenvalue weighted by molar-refractivity contribution is -0.143. The van der Waals surface area contributed by atoms with E-state index in [-0.39, 0.29) is 17.7 Å². The van der Waals surface area contributed by atoms with Crippen molar-refractivity contribution in [3.63, 3.8) is 0 Å². The van der Waals surface area contributed by atoms with E-state index in [0.717, 1.165) is 19.5 Å². The molecule has 0 aromatic rings. The van der Waals surface area contributed by atoms with Gasteiger partial charge in [-0.25, -0.2) is 0 Å². The molecular weight excluding hydrogens is 232 g/mol. The molecule has 1 heterocycles. The predicted octanol–water partition coefficient (Wildman–Crippen LogP) is 1.04. The van der Waals surface area contributed by atoms with E-state index in [1.165, 1.54) is 0 Å². The van der Waals surface area contributed by atoms with Crippen LogP contribution in [0.2, 0.25) is 0 Å². The van der Waals surface area contributed by atoms with E-state index in [2.05, 4.69) is 4.90 Å². The monoisotopic (exact) mass is 256 g/mol. The third-order valence-electron chi connectivity index (χ3n) is 3.76. The van der Waals surface area contributed by atoms with E-state index >= 15 is 0 Å². The van der Waals surface area contributed by atoms with E-state index in [0.29, 0.717) is 19.6 Å². The second-order valence-corrected chi connectivity index (χ2v) is 5.52. The van der Waals surface area contributed by atoms with Crippen molar-refractivity contribution < 1.29 is 14.7 Å². The number of amides is 1. The van der Waals surface area contributed by atoms with Crippen molar-refractivity contribution in [3.05, 3.63) is 0 Å². The molecule has 0 unspecified atom stereocenters. The van der Waals surface area contributed by atoms with E-state index < -0.39 is 5.97 Å². The fraction of sp³-hybridized carbons (Fsp3) is 0.846. The predicted molar refractivity (Wildman–Crippen MR) is 69.3 cm³/mol. The highest BCUT2D eigenvalue weighted by Crippen LogP contribution is 2.23. The Morgan fingerprint density at radius 1 is 1.17 bits per heavy atom. The summed E-state index contributed by atoms with van der Waals surface area (Å²) in [4.78, 5) is 26.7. The summed E-state index contributed by atoms with van der Waals surface area (Å²) in [5, 5.41) is 8.63. The number of carbonyl (C=O) groups is 2. The van der Waals surface area contributed by atoms with Crippen LogP contribution in [0, 0.1) is 5.41 Å². The topological polar surface area (TPSA) is 60.9 Å². The molecule has 5 nitrogen and oxygen atoms in total. The first-order valence-corrected chi connectivity index (χ1v) is 6.60. The maximum Gasteiger partial charge on any atom is 0.304 e. The van der Waals surface area contributed by atoms with Gasteiger partial charge in [-0.05, 0) is 6.42 Å². The maximum absolute atomic E-state index is 12.2. The Labute approximate surface area is 109 Å². The van der Waals surface area contributed by atoms with Gasteiger partial charge < -0.3 is 10.0 Å². The summed E-state index contributed by atoms with van der Waals surface area (Å²) in [6, 6.07) is 0. The molecule has 1 fully saturated rings. The third kappa shape index (κ3) is 3.98. The first-order valence-electron chi connectivity index (χ1n) is 6.60. The molecule has 1 N–H and O–H groups in total. The van der Waals surface area contributed by atoms with Gasteiger partial charge in [-0.1, -0.05) is 20.8 Å². The van der Waals surface area contributed by atoms with Gasteiger partial charge in [0.05, 0.1) is 6.42 Å². The molecule has 0 aromatic carbocycles. The molecule has 18 heavy (non-hydrogen) atoms. The Kier molecular flexibility index (Phi) is 5.14. The van der Waals surface area contributed by atoms with E-state index in [1.54, 1.807) is 0 Å². The molecule has 0 spiro atoms. The summed E-state index contributed by atoms with van der Waals surface area (Å²) in [5.74, 6) is -0.552. The maximum atomic E-state index is 12.2. The van der Waals surface area contributed by atoms with Crippen LogP contribution in [0.3, 0.4) is 0 Å². The lowest BCUT2D eigenvalue weighted by Gasteiger charge is -2.38. The molecule has 104 valence electrons. The van der Waals surface area contributed by atoms with Gasteiger partial charge in [0.25, 0.3) is 0 Å². The number of rotatable bonds is 5. The van der Waals surface area contributed by atoms with Crippen LogP contribution in [0.25, 0.3) is 0 Å². The molecule has 0 bridgehead atoms. The smallest absolute Gasteiger partial charge is 0.304 e. The molecule has 1 rings (SSSR count). The number of nitrogens with zero attached hydrogens (tertiary/aromatic N) is 2. The van der Waals surface area contributed by atoms with Gasteiger partial charge in [0, 0.05) is 38.1 Å². The number of carboxylic acids is 1. The Hall–Kier alpha value is -1.10. The second-order valence-electron chi connectivity index (χ2n) is 5.52. The number of carboxylic acid groups (broad SMARTS) is 1. The van der Waals surface area contributed by atoms with Gasteiger partial charge in [-0.2, -0.15) is 0 Å². The Balaban J connectivity index is 2.39. The molecule has 0 aliphatic carbocycles. The largest absolute Gasteiger partial charge is 0.481 e. The summed E-state index contributed by atoms with van der Waals surface area (Å²) in [6.07, 6.45) is 1.01. The SMILES string of the molecule is CCC(C)(C)C(=O)N1CCN(CCC(=O)O)CC1. The van der Waals surface area contributed by atoms with Crippen molar-refractivity contribution in [2.24, 2.45) is 5.41 Å². The number of hydrogen-bond donors (Lipinski definition) is 1. The zero-order valence-electron chi connectivity index (χ0n) is 11.6. The number of carbonyl (C=O) groups excluding carboxylic acids is 1. The van der Waals surface area contributed by atoms with Crippen LogP contribution >= 0.6 is 0 Å². The fourth-order valence-corrected chi connectivity index (χ4v) is 2.01. The van der Waals surface area contributed by atoms with Crippen LogP contribution in [0.5, 0.6) is 0 Å². The molecule has 0 atom stereocenters. The molecule has 5 heteroatoms. The van der Waals surface area contributed by atoms with Crippen molar-refractivity contribution in [2.45, 2.75) is 33.6 Å². The highest BCUT2D eigenvalue weighted by molar-refractivity contribution is 5.82. The van der Waals surface area contributed by atoms with Crippen molar-refractivity contribution in [2.75, 3.05) is 32.7 Å². The van der Waals surface area contributed by atoms with Crippen LogP contribution in [0.15, 0.2) is 0 Å².